The highest BCUT2D eigenvalue weighted by Gasteiger charge is 2.25. The third-order valence-corrected chi connectivity index (χ3v) is 5.24. The third-order valence-electron chi connectivity index (χ3n) is 5.24. The average Bonchev–Trinajstić information content (AvgIpc) is 3.01. The van der Waals surface area contributed by atoms with E-state index in [2.05, 4.69) is 10.4 Å². The Balaban J connectivity index is 1.62. The molecule has 1 aliphatic rings. The predicted octanol–water partition coefficient (Wildman–Crippen LogP) is 1.94. The summed E-state index contributed by atoms with van der Waals surface area (Å²) in [4.78, 5) is 38.8. The first-order valence-electron chi connectivity index (χ1n) is 9.91. The van der Waals surface area contributed by atoms with E-state index in [-0.39, 0.29) is 17.6 Å². The Morgan fingerprint density at radius 2 is 1.70 bits per heavy atom. The van der Waals surface area contributed by atoms with Crippen molar-refractivity contribution in [3.63, 3.8) is 0 Å². The molecule has 30 heavy (non-hydrogen) atoms. The van der Waals surface area contributed by atoms with Crippen LogP contribution < -0.4 is 5.32 Å². The van der Waals surface area contributed by atoms with Crippen molar-refractivity contribution in [1.29, 1.82) is 0 Å². The molecule has 2 aromatic rings. The first kappa shape index (κ1) is 21.3. The lowest BCUT2D eigenvalue weighted by molar-refractivity contribution is -0.386. The number of urea groups is 1. The number of piperazine rings is 1. The number of benzene rings is 1. The minimum atomic E-state index is -0.415. The molecule has 3 amide bonds. The number of aryl methyl sites for hydroxylation is 1. The van der Waals surface area contributed by atoms with Gasteiger partial charge in [-0.15, -0.1) is 0 Å². The summed E-state index contributed by atoms with van der Waals surface area (Å²) in [5.41, 5.74) is 2.39. The highest BCUT2D eigenvalue weighted by molar-refractivity contribution is 5.94. The van der Waals surface area contributed by atoms with Gasteiger partial charge >= 0.3 is 11.7 Å². The summed E-state index contributed by atoms with van der Waals surface area (Å²) in [6.45, 7) is 8.14. The van der Waals surface area contributed by atoms with Gasteiger partial charge in [0.05, 0.1) is 11.5 Å². The molecule has 1 saturated heterocycles. The van der Waals surface area contributed by atoms with Crippen molar-refractivity contribution < 1.29 is 14.5 Å². The molecule has 0 unspecified atom stereocenters. The number of rotatable bonds is 5. The van der Waals surface area contributed by atoms with Crippen molar-refractivity contribution >= 4 is 17.6 Å². The number of nitrogens with zero attached hydrogens (tertiary/aromatic N) is 5. The van der Waals surface area contributed by atoms with Gasteiger partial charge in [-0.25, -0.2) is 4.79 Å². The van der Waals surface area contributed by atoms with E-state index < -0.39 is 4.92 Å². The Morgan fingerprint density at radius 1 is 1.10 bits per heavy atom. The molecule has 2 heterocycles. The van der Waals surface area contributed by atoms with E-state index in [9.17, 15) is 19.7 Å². The molecule has 1 aromatic heterocycles. The van der Waals surface area contributed by atoms with Crippen LogP contribution in [0.5, 0.6) is 0 Å². The summed E-state index contributed by atoms with van der Waals surface area (Å²) in [6.07, 6.45) is 0. The standard InChI is InChI=1S/C20H26N6O4/c1-4-21-20(28)24-11-9-23(10-12-24)19(27)17-7-5-16(6-8-17)13-25-15(3)18(26(29)30)14(2)22-25/h5-8H,4,9-13H2,1-3H3,(H,21,28). The number of carbonyl (C=O) groups excluding carboxylic acids is 2. The summed E-state index contributed by atoms with van der Waals surface area (Å²) in [5, 5.41) is 18.2. The van der Waals surface area contributed by atoms with Crippen molar-refractivity contribution in [2.45, 2.75) is 27.3 Å². The minimum Gasteiger partial charge on any atom is -0.338 e. The predicted molar refractivity (Wildman–Crippen MR) is 110 cm³/mol. The zero-order valence-corrected chi connectivity index (χ0v) is 17.4. The van der Waals surface area contributed by atoms with Gasteiger partial charge in [0.1, 0.15) is 11.4 Å². The number of hydrogen-bond donors (Lipinski definition) is 1. The average molecular weight is 414 g/mol. The topological polar surface area (TPSA) is 114 Å². The lowest BCUT2D eigenvalue weighted by Crippen LogP contribution is -2.53. The van der Waals surface area contributed by atoms with E-state index in [0.717, 1.165) is 5.56 Å². The van der Waals surface area contributed by atoms with Crippen molar-refractivity contribution in [3.8, 4) is 0 Å². The molecule has 3 rings (SSSR count). The number of carbonyl (C=O) groups is 2. The smallest absolute Gasteiger partial charge is 0.317 e. The second-order valence-corrected chi connectivity index (χ2v) is 7.25. The van der Waals surface area contributed by atoms with Gasteiger partial charge in [-0.3, -0.25) is 19.6 Å². The Labute approximate surface area is 174 Å². The van der Waals surface area contributed by atoms with Crippen LogP contribution in [-0.4, -0.2) is 69.2 Å². The van der Waals surface area contributed by atoms with Crippen LogP contribution in [0.4, 0.5) is 10.5 Å². The van der Waals surface area contributed by atoms with Gasteiger partial charge in [0.25, 0.3) is 5.91 Å². The van der Waals surface area contributed by atoms with Crippen LogP contribution in [0.2, 0.25) is 0 Å². The summed E-state index contributed by atoms with van der Waals surface area (Å²) >= 11 is 0. The van der Waals surface area contributed by atoms with Crippen molar-refractivity contribution in [1.82, 2.24) is 24.9 Å². The molecule has 160 valence electrons. The highest BCUT2D eigenvalue weighted by Crippen LogP contribution is 2.22. The van der Waals surface area contributed by atoms with Gasteiger partial charge in [-0.05, 0) is 38.5 Å². The quantitative estimate of drug-likeness (QED) is 0.593. The zero-order valence-electron chi connectivity index (χ0n) is 17.4. The molecule has 0 atom stereocenters. The van der Waals surface area contributed by atoms with Crippen LogP contribution in [0.15, 0.2) is 24.3 Å². The molecule has 0 spiro atoms. The van der Waals surface area contributed by atoms with Crippen molar-refractivity contribution in [2.75, 3.05) is 32.7 Å². The van der Waals surface area contributed by atoms with Gasteiger partial charge in [0.2, 0.25) is 0 Å². The fourth-order valence-corrected chi connectivity index (χ4v) is 3.59. The Bertz CT molecular complexity index is 945. The molecular formula is C20H26N6O4. The molecule has 1 aromatic carbocycles. The van der Waals surface area contributed by atoms with Crippen LogP contribution in [0.25, 0.3) is 0 Å². The summed E-state index contributed by atoms with van der Waals surface area (Å²) in [6, 6.07) is 7.08. The fourth-order valence-electron chi connectivity index (χ4n) is 3.59. The van der Waals surface area contributed by atoms with Crippen molar-refractivity contribution in [2.24, 2.45) is 0 Å². The van der Waals surface area contributed by atoms with Gasteiger partial charge in [0, 0.05) is 38.3 Å². The number of nitrogens with one attached hydrogen (secondary N) is 1. The lowest BCUT2D eigenvalue weighted by atomic mass is 10.1. The summed E-state index contributed by atoms with van der Waals surface area (Å²) in [7, 11) is 0. The number of aromatic nitrogens is 2. The largest absolute Gasteiger partial charge is 0.338 e. The lowest BCUT2D eigenvalue weighted by Gasteiger charge is -2.34. The fraction of sp³-hybridized carbons (Fsp3) is 0.450. The molecule has 1 N–H and O–H groups in total. The maximum Gasteiger partial charge on any atom is 0.317 e. The monoisotopic (exact) mass is 414 g/mol. The zero-order chi connectivity index (χ0) is 21.8. The van der Waals surface area contributed by atoms with Crippen LogP contribution >= 0.6 is 0 Å². The Morgan fingerprint density at radius 3 is 2.23 bits per heavy atom. The van der Waals surface area contributed by atoms with E-state index in [0.29, 0.717) is 56.2 Å². The molecule has 10 nitrogen and oxygen atoms in total. The van der Waals surface area contributed by atoms with Crippen molar-refractivity contribution in [3.05, 3.63) is 56.9 Å². The second kappa shape index (κ2) is 8.93. The van der Waals surface area contributed by atoms with Crippen LogP contribution in [0, 0.1) is 24.0 Å². The van der Waals surface area contributed by atoms with Gasteiger partial charge < -0.3 is 15.1 Å². The van der Waals surface area contributed by atoms with E-state index in [1.807, 2.05) is 19.1 Å². The molecule has 0 saturated carbocycles. The summed E-state index contributed by atoms with van der Waals surface area (Å²) < 4.78 is 1.60. The molecule has 1 aliphatic heterocycles. The normalized spacial score (nSPS) is 14.0. The Kier molecular flexibility index (Phi) is 6.34. The van der Waals surface area contributed by atoms with E-state index in [1.165, 1.54) is 0 Å². The van der Waals surface area contributed by atoms with Gasteiger partial charge in [-0.2, -0.15) is 5.10 Å². The van der Waals surface area contributed by atoms with E-state index >= 15 is 0 Å². The van der Waals surface area contributed by atoms with Crippen LogP contribution in [0.1, 0.15) is 34.2 Å². The molecular weight excluding hydrogens is 388 g/mol. The highest BCUT2D eigenvalue weighted by atomic mass is 16.6. The molecule has 10 heteroatoms. The number of nitro groups is 1. The SMILES string of the molecule is CCNC(=O)N1CCN(C(=O)c2ccc(Cn3nc(C)c([N+](=O)[O-])c3C)cc2)CC1. The van der Waals surface area contributed by atoms with Crippen LogP contribution in [0.3, 0.4) is 0 Å². The number of amides is 3. The second-order valence-electron chi connectivity index (χ2n) is 7.25. The van der Waals surface area contributed by atoms with Gasteiger partial charge in [-0.1, -0.05) is 12.1 Å². The molecule has 0 aliphatic carbocycles. The van der Waals surface area contributed by atoms with E-state index in [4.69, 9.17) is 0 Å². The Hall–Kier alpha value is -3.43. The first-order chi connectivity index (χ1) is 14.3. The summed E-state index contributed by atoms with van der Waals surface area (Å²) in [5.74, 6) is -0.0705. The van der Waals surface area contributed by atoms with Crippen LogP contribution in [-0.2, 0) is 6.54 Å². The molecule has 1 fully saturated rings. The van der Waals surface area contributed by atoms with Gasteiger partial charge in [0.15, 0.2) is 0 Å². The molecule has 0 radical (unpaired) electrons. The van der Waals surface area contributed by atoms with E-state index in [1.54, 1.807) is 40.5 Å². The maximum atomic E-state index is 12.8. The minimum absolute atomic E-state index is 0.0357. The number of hydrogen-bond acceptors (Lipinski definition) is 5. The third kappa shape index (κ3) is 4.42. The maximum absolute atomic E-state index is 12.8. The molecule has 0 bridgehead atoms. The first-order valence-corrected chi connectivity index (χ1v) is 9.91.